The van der Waals surface area contributed by atoms with Gasteiger partial charge in [0.25, 0.3) is 0 Å². The number of nitroso groups, excluding NO2 is 1. The van der Waals surface area contributed by atoms with Crippen LogP contribution in [0.3, 0.4) is 0 Å². The summed E-state index contributed by atoms with van der Waals surface area (Å²) in [4.78, 5) is 13.5. The van der Waals surface area contributed by atoms with Crippen LogP contribution >= 0.6 is 0 Å². The van der Waals surface area contributed by atoms with Gasteiger partial charge in [-0.05, 0) is 34.7 Å². The zero-order chi connectivity index (χ0) is 12.4. The van der Waals surface area contributed by atoms with Gasteiger partial charge in [0.15, 0.2) is 18.1 Å². The molecule has 0 aromatic carbocycles. The normalized spacial score (nSPS) is 23.0. The van der Waals surface area contributed by atoms with E-state index in [1.807, 2.05) is 6.92 Å². The highest BCUT2D eigenvalue weighted by Gasteiger charge is 2.24. The molecule has 1 aromatic heterocycles. The van der Waals surface area contributed by atoms with Crippen molar-refractivity contribution in [2.24, 2.45) is 11.1 Å². The number of aliphatic hydroxyl groups excluding tert-OH is 1. The summed E-state index contributed by atoms with van der Waals surface area (Å²) in [7, 11) is 0. The molecule has 0 spiro atoms. The van der Waals surface area contributed by atoms with Crippen molar-refractivity contribution in [3.05, 3.63) is 47.2 Å². The van der Waals surface area contributed by atoms with Crippen molar-refractivity contribution in [2.75, 3.05) is 0 Å². The maximum Gasteiger partial charge on any atom is 0.197 e. The van der Waals surface area contributed by atoms with Gasteiger partial charge < -0.3 is 10.6 Å². The van der Waals surface area contributed by atoms with Crippen molar-refractivity contribution in [3.63, 3.8) is 0 Å². The Morgan fingerprint density at radius 1 is 1.56 bits per heavy atom. The van der Waals surface area contributed by atoms with Gasteiger partial charge >= 0.3 is 0 Å². The van der Waals surface area contributed by atoms with Crippen LogP contribution in [0.5, 0.6) is 0 Å². The molecular weight excluding hydrogens is 232 g/mol. The number of nitrogens with one attached hydrogen (secondary N) is 1. The second-order valence-electron chi connectivity index (χ2n) is 4.35. The Labute approximate surface area is 105 Å². The van der Waals surface area contributed by atoms with E-state index in [0.717, 1.165) is 23.1 Å². The van der Waals surface area contributed by atoms with Gasteiger partial charge in [-0.3, -0.25) is 0 Å². The van der Waals surface area contributed by atoms with Crippen molar-refractivity contribution >= 4 is 11.3 Å². The first-order valence-corrected chi connectivity index (χ1v) is 5.54. The molecule has 0 saturated carbocycles. The van der Waals surface area contributed by atoms with E-state index >= 15 is 0 Å². The summed E-state index contributed by atoms with van der Waals surface area (Å²) in [6, 6.07) is 1.80. The number of hydrogen-bond donors (Lipinski definition) is 1. The van der Waals surface area contributed by atoms with Gasteiger partial charge in [-0.15, -0.1) is 4.91 Å². The Hall–Kier alpha value is -1.85. The number of pyridine rings is 1. The fourth-order valence-corrected chi connectivity index (χ4v) is 2.09. The molecule has 1 aliphatic carbocycles. The molecule has 5 nitrogen and oxygen atoms in total. The number of aromatic nitrogens is 1. The topological polar surface area (TPSA) is 93.8 Å². The maximum atomic E-state index is 10.7. The Morgan fingerprint density at radius 2 is 2.28 bits per heavy atom. The van der Waals surface area contributed by atoms with Crippen LogP contribution in [0.25, 0.3) is 5.57 Å². The second kappa shape index (κ2) is 5.66. The molecule has 0 radical (unpaired) electrons. The van der Waals surface area contributed by atoms with Crippen LogP contribution < -0.4 is 4.98 Å². The lowest BCUT2D eigenvalue weighted by molar-refractivity contribution is -0.377. The molecule has 0 fully saturated rings. The van der Waals surface area contributed by atoms with Crippen LogP contribution in [0.15, 0.2) is 41.9 Å². The van der Waals surface area contributed by atoms with Crippen molar-refractivity contribution in [2.45, 2.75) is 19.4 Å². The first kappa shape index (κ1) is 14.2. The molecule has 1 aliphatic rings. The van der Waals surface area contributed by atoms with E-state index in [1.165, 1.54) is 0 Å². The third kappa shape index (κ3) is 2.52. The van der Waals surface area contributed by atoms with Gasteiger partial charge in [0, 0.05) is 11.6 Å². The molecule has 3 N–H and O–H groups in total. The molecule has 0 unspecified atom stereocenters. The Morgan fingerprint density at radius 3 is 2.89 bits per heavy atom. The minimum absolute atomic E-state index is 0. The van der Waals surface area contributed by atoms with Gasteiger partial charge in [-0.2, -0.15) is 0 Å². The number of aromatic amines is 1. The fourth-order valence-electron chi connectivity index (χ4n) is 2.09. The predicted octanol–water partition coefficient (Wildman–Crippen LogP) is 2.06. The van der Waals surface area contributed by atoms with Crippen molar-refractivity contribution in [1.29, 1.82) is 0 Å². The lowest BCUT2D eigenvalue weighted by atomic mass is 9.82. The minimum Gasteiger partial charge on any atom is -0.870 e. The first-order chi connectivity index (χ1) is 8.13. The van der Waals surface area contributed by atoms with Crippen LogP contribution in [0, 0.1) is 10.8 Å². The average Bonchev–Trinajstić information content (AvgIpc) is 2.35. The molecular formula is C13H16N2O3. The van der Waals surface area contributed by atoms with Gasteiger partial charge in [-0.25, -0.2) is 4.98 Å². The smallest absolute Gasteiger partial charge is 0.197 e. The van der Waals surface area contributed by atoms with Crippen LogP contribution in [-0.2, 0) is 0 Å². The van der Waals surface area contributed by atoms with Gasteiger partial charge in [0.05, 0.1) is 6.10 Å². The number of nitrogens with zero attached hydrogens (tertiary/aromatic N) is 1. The van der Waals surface area contributed by atoms with Crippen LogP contribution in [0.4, 0.5) is 5.69 Å². The summed E-state index contributed by atoms with van der Waals surface area (Å²) in [5.74, 6) is 0.202. The summed E-state index contributed by atoms with van der Waals surface area (Å²) in [6.45, 7) is 5.88. The van der Waals surface area contributed by atoms with E-state index in [-0.39, 0.29) is 11.4 Å². The number of aliphatic hydroxyl groups is 1. The first-order valence-electron chi connectivity index (χ1n) is 5.54. The Balaban J connectivity index is 0.00000162. The summed E-state index contributed by atoms with van der Waals surface area (Å²) >= 11 is 0. The molecule has 1 heterocycles. The summed E-state index contributed by atoms with van der Waals surface area (Å²) in [5.41, 5.74) is 2.90. The third-order valence-electron chi connectivity index (χ3n) is 3.18. The third-order valence-corrected chi connectivity index (χ3v) is 3.18. The molecule has 0 saturated heterocycles. The zero-order valence-corrected chi connectivity index (χ0v) is 10.1. The van der Waals surface area contributed by atoms with Crippen LogP contribution in [0.1, 0.15) is 18.9 Å². The predicted molar refractivity (Wildman–Crippen MR) is 67.3 cm³/mol. The number of hydrogen-bond acceptors (Lipinski definition) is 4. The molecule has 0 amide bonds. The molecule has 96 valence electrons. The number of H-pyrrole nitrogens is 1. The van der Waals surface area contributed by atoms with Crippen LogP contribution in [-0.4, -0.2) is 16.7 Å². The standard InChI is InChI=1S/C13H14N2O2.H2O/c1-8-5-10(6-13(16)9(8)2)11-3-4-14-7-12(11)15-17;/h3-4,6-8,13,16H,2,5H2,1H3;1H2/t8-,13+;/m0./s1. The van der Waals surface area contributed by atoms with E-state index in [2.05, 4.69) is 16.7 Å². The van der Waals surface area contributed by atoms with Crippen molar-refractivity contribution in [1.82, 2.24) is 0 Å². The molecule has 0 aliphatic heterocycles. The van der Waals surface area contributed by atoms with Gasteiger partial charge in [0.2, 0.25) is 0 Å². The van der Waals surface area contributed by atoms with E-state index in [9.17, 15) is 10.0 Å². The van der Waals surface area contributed by atoms with E-state index in [4.69, 9.17) is 0 Å². The quantitative estimate of drug-likeness (QED) is 0.641. The Kier molecular flexibility index (Phi) is 4.47. The molecule has 18 heavy (non-hydrogen) atoms. The van der Waals surface area contributed by atoms with E-state index in [0.29, 0.717) is 5.69 Å². The lowest BCUT2D eigenvalue weighted by Gasteiger charge is -2.25. The summed E-state index contributed by atoms with van der Waals surface area (Å²) in [5, 5.41) is 12.8. The Bertz CT molecular complexity index is 497. The average molecular weight is 248 g/mol. The maximum absolute atomic E-state index is 10.7. The van der Waals surface area contributed by atoms with Gasteiger partial charge in [0.1, 0.15) is 0 Å². The monoisotopic (exact) mass is 248 g/mol. The minimum atomic E-state index is -0.641. The SMILES string of the molecule is C=C1[C@H](O)C=C(c2cc[nH+]cc2N=O)C[C@@H]1C.[OH-]. The fraction of sp³-hybridized carbons (Fsp3) is 0.308. The lowest BCUT2D eigenvalue weighted by Crippen LogP contribution is -2.19. The molecule has 0 bridgehead atoms. The summed E-state index contributed by atoms with van der Waals surface area (Å²) in [6.07, 6.45) is 5.17. The largest absolute Gasteiger partial charge is 0.870 e. The van der Waals surface area contributed by atoms with Crippen molar-refractivity contribution < 1.29 is 15.6 Å². The highest BCUT2D eigenvalue weighted by Crippen LogP contribution is 2.36. The highest BCUT2D eigenvalue weighted by atomic mass is 16.3. The van der Waals surface area contributed by atoms with E-state index < -0.39 is 6.10 Å². The number of rotatable bonds is 2. The van der Waals surface area contributed by atoms with E-state index in [1.54, 1.807) is 24.5 Å². The van der Waals surface area contributed by atoms with Crippen molar-refractivity contribution in [3.8, 4) is 0 Å². The molecule has 2 atom stereocenters. The molecule has 2 rings (SSSR count). The highest BCUT2D eigenvalue weighted by molar-refractivity contribution is 5.75. The zero-order valence-electron chi connectivity index (χ0n) is 10.1. The van der Waals surface area contributed by atoms with Crippen LogP contribution in [0.2, 0.25) is 0 Å². The summed E-state index contributed by atoms with van der Waals surface area (Å²) < 4.78 is 0. The number of allylic oxidation sites excluding steroid dienone is 1. The second-order valence-corrected chi connectivity index (χ2v) is 4.35. The molecule has 1 aromatic rings. The molecule has 5 heteroatoms. The van der Waals surface area contributed by atoms with Gasteiger partial charge in [-0.1, -0.05) is 13.5 Å².